The minimum absolute atomic E-state index is 0.319. The zero-order valence-corrected chi connectivity index (χ0v) is 16.6. The number of para-hydroxylation sites is 2. The molecule has 0 aliphatic carbocycles. The second-order valence-corrected chi connectivity index (χ2v) is 7.39. The maximum atomic E-state index is 13.5. The molecule has 0 unspecified atom stereocenters. The summed E-state index contributed by atoms with van der Waals surface area (Å²) in [4.78, 5) is 33.9. The molecule has 31 heavy (non-hydrogen) atoms. The van der Waals surface area contributed by atoms with Crippen LogP contribution in [-0.4, -0.2) is 25.0 Å². The Hall–Kier alpha value is -3.71. The summed E-state index contributed by atoms with van der Waals surface area (Å²) in [5, 5.41) is 1.62. The molecular formula is C24H19FN2O4. The number of hydroxylamine groups is 1. The van der Waals surface area contributed by atoms with Crippen LogP contribution in [0.25, 0.3) is 0 Å². The molecule has 7 heteroatoms. The molecule has 6 nitrogen and oxygen atoms in total. The summed E-state index contributed by atoms with van der Waals surface area (Å²) in [7, 11) is 1.56. The second kappa shape index (κ2) is 7.52. The van der Waals surface area contributed by atoms with Gasteiger partial charge in [0.15, 0.2) is 6.10 Å². The molecule has 5 rings (SSSR count). The first-order chi connectivity index (χ1) is 15.1. The predicted octanol–water partition coefficient (Wildman–Crippen LogP) is 3.89. The number of carbonyl (C=O) groups excluding carboxylic acids is 2. The Morgan fingerprint density at radius 2 is 1.52 bits per heavy atom. The van der Waals surface area contributed by atoms with Crippen molar-refractivity contribution in [1.82, 2.24) is 0 Å². The number of imide groups is 1. The predicted molar refractivity (Wildman–Crippen MR) is 112 cm³/mol. The van der Waals surface area contributed by atoms with Crippen LogP contribution in [-0.2, 0) is 14.4 Å². The van der Waals surface area contributed by atoms with Crippen molar-refractivity contribution < 1.29 is 23.6 Å². The highest BCUT2D eigenvalue weighted by Crippen LogP contribution is 2.49. The minimum atomic E-state index is -0.993. The number of hydrogen-bond donors (Lipinski definition) is 0. The van der Waals surface area contributed by atoms with Gasteiger partial charge in [-0.3, -0.25) is 14.4 Å². The highest BCUT2D eigenvalue weighted by molar-refractivity contribution is 6.23. The van der Waals surface area contributed by atoms with E-state index in [9.17, 15) is 14.0 Å². The minimum Gasteiger partial charge on any atom is -0.496 e. The number of methoxy groups -OCH3 is 1. The number of amides is 2. The Kier molecular flexibility index (Phi) is 4.67. The van der Waals surface area contributed by atoms with E-state index in [0.717, 1.165) is 16.2 Å². The Balaban J connectivity index is 1.61. The van der Waals surface area contributed by atoms with E-state index < -0.39 is 35.7 Å². The topological polar surface area (TPSA) is 59.1 Å². The molecule has 3 aromatic rings. The number of ether oxygens (including phenoxy) is 1. The van der Waals surface area contributed by atoms with E-state index in [1.165, 1.54) is 24.3 Å². The molecule has 2 amide bonds. The fourth-order valence-electron chi connectivity index (χ4n) is 4.28. The fourth-order valence-corrected chi connectivity index (χ4v) is 4.28. The van der Waals surface area contributed by atoms with Gasteiger partial charge in [0.2, 0.25) is 5.91 Å². The van der Waals surface area contributed by atoms with Gasteiger partial charge in [-0.2, -0.15) is 0 Å². The first-order valence-electron chi connectivity index (χ1n) is 9.87. The van der Waals surface area contributed by atoms with Crippen molar-refractivity contribution >= 4 is 23.2 Å². The van der Waals surface area contributed by atoms with Gasteiger partial charge in [-0.15, -0.1) is 0 Å². The zero-order chi connectivity index (χ0) is 21.5. The molecule has 0 saturated carbocycles. The molecule has 2 heterocycles. The van der Waals surface area contributed by atoms with Crippen molar-refractivity contribution in [2.45, 2.75) is 12.1 Å². The number of benzene rings is 3. The zero-order valence-electron chi connectivity index (χ0n) is 16.6. The average Bonchev–Trinajstić information content (AvgIpc) is 3.31. The second-order valence-electron chi connectivity index (χ2n) is 7.39. The van der Waals surface area contributed by atoms with E-state index >= 15 is 0 Å². The molecule has 0 N–H and O–H groups in total. The van der Waals surface area contributed by atoms with E-state index in [0.29, 0.717) is 11.4 Å². The normalized spacial score (nSPS) is 22.7. The van der Waals surface area contributed by atoms with Gasteiger partial charge in [-0.25, -0.2) is 14.4 Å². The molecule has 3 aromatic carbocycles. The highest BCUT2D eigenvalue weighted by atomic mass is 19.1. The van der Waals surface area contributed by atoms with E-state index in [1.807, 2.05) is 54.6 Å². The quantitative estimate of drug-likeness (QED) is 0.602. The van der Waals surface area contributed by atoms with Crippen LogP contribution in [0.3, 0.4) is 0 Å². The molecule has 2 saturated heterocycles. The van der Waals surface area contributed by atoms with Gasteiger partial charge in [-0.05, 0) is 42.5 Å². The number of rotatable bonds is 4. The SMILES string of the molecule is COc1ccccc1[C@@H]1[C@@H]2C(=O)N(c3ccc(F)cc3)C(=O)[C@@H]2ON1c1ccccc1. The van der Waals surface area contributed by atoms with E-state index in [1.54, 1.807) is 12.2 Å². The highest BCUT2D eigenvalue weighted by Gasteiger charge is 2.60. The summed E-state index contributed by atoms with van der Waals surface area (Å²) in [5.41, 5.74) is 1.78. The summed E-state index contributed by atoms with van der Waals surface area (Å²) >= 11 is 0. The lowest BCUT2D eigenvalue weighted by atomic mass is 9.90. The first kappa shape index (κ1) is 19.3. The van der Waals surface area contributed by atoms with E-state index in [2.05, 4.69) is 0 Å². The van der Waals surface area contributed by atoms with Crippen molar-refractivity contribution in [2.24, 2.45) is 5.92 Å². The lowest BCUT2D eigenvalue weighted by Gasteiger charge is -2.29. The molecule has 0 spiro atoms. The number of fused-ring (bicyclic) bond motifs is 1. The third kappa shape index (κ3) is 3.05. The molecular weight excluding hydrogens is 399 g/mol. The smallest absolute Gasteiger partial charge is 0.266 e. The fraction of sp³-hybridized carbons (Fsp3) is 0.167. The largest absolute Gasteiger partial charge is 0.496 e. The third-order valence-electron chi connectivity index (χ3n) is 5.67. The number of carbonyl (C=O) groups is 2. The van der Waals surface area contributed by atoms with Crippen LogP contribution in [0, 0.1) is 11.7 Å². The van der Waals surface area contributed by atoms with Crippen LogP contribution in [0.4, 0.5) is 15.8 Å². The van der Waals surface area contributed by atoms with Gasteiger partial charge in [0.05, 0.1) is 24.5 Å². The maximum absolute atomic E-state index is 13.5. The molecule has 0 bridgehead atoms. The summed E-state index contributed by atoms with van der Waals surface area (Å²) in [6.45, 7) is 0. The first-order valence-corrected chi connectivity index (χ1v) is 9.87. The molecule has 2 fully saturated rings. The third-order valence-corrected chi connectivity index (χ3v) is 5.67. The maximum Gasteiger partial charge on any atom is 0.266 e. The van der Waals surface area contributed by atoms with Crippen molar-refractivity contribution in [1.29, 1.82) is 0 Å². The van der Waals surface area contributed by atoms with Crippen molar-refractivity contribution in [3.8, 4) is 5.75 Å². The van der Waals surface area contributed by atoms with Gasteiger partial charge in [-0.1, -0.05) is 36.4 Å². The summed E-state index contributed by atoms with van der Waals surface area (Å²) in [6, 6.07) is 21.4. The van der Waals surface area contributed by atoms with Gasteiger partial charge >= 0.3 is 0 Å². The Labute approximate surface area is 178 Å². The Morgan fingerprint density at radius 3 is 2.23 bits per heavy atom. The number of nitrogens with zero attached hydrogens (tertiary/aromatic N) is 2. The van der Waals surface area contributed by atoms with Crippen molar-refractivity contribution in [3.63, 3.8) is 0 Å². The number of halogens is 1. The molecule has 156 valence electrons. The van der Waals surface area contributed by atoms with Crippen LogP contribution >= 0.6 is 0 Å². The van der Waals surface area contributed by atoms with Crippen LogP contribution in [0.5, 0.6) is 5.75 Å². The Morgan fingerprint density at radius 1 is 0.839 bits per heavy atom. The Bertz CT molecular complexity index is 1140. The monoisotopic (exact) mass is 418 g/mol. The summed E-state index contributed by atoms with van der Waals surface area (Å²) in [6.07, 6.45) is -0.993. The van der Waals surface area contributed by atoms with Gasteiger partial charge in [0.1, 0.15) is 17.5 Å². The average molecular weight is 418 g/mol. The molecule has 0 radical (unpaired) electrons. The number of anilines is 2. The standard InChI is InChI=1S/C24H19FN2O4/c1-30-19-10-6-5-9-18(19)21-20-22(31-27(21)17-7-3-2-4-8-17)24(29)26(23(20)28)16-13-11-15(25)12-14-16/h2-14,20-22H,1H3/t20-,21+,22+/m0/s1. The van der Waals surface area contributed by atoms with Gasteiger partial charge in [0.25, 0.3) is 5.91 Å². The van der Waals surface area contributed by atoms with Gasteiger partial charge in [0, 0.05) is 5.56 Å². The summed E-state index contributed by atoms with van der Waals surface area (Å²) < 4.78 is 18.9. The lowest BCUT2D eigenvalue weighted by molar-refractivity contribution is -0.126. The van der Waals surface area contributed by atoms with Crippen LogP contribution in [0.2, 0.25) is 0 Å². The van der Waals surface area contributed by atoms with E-state index in [-0.39, 0.29) is 0 Å². The van der Waals surface area contributed by atoms with Crippen LogP contribution in [0.1, 0.15) is 11.6 Å². The molecule has 2 aliphatic rings. The lowest BCUT2D eigenvalue weighted by Crippen LogP contribution is -2.37. The van der Waals surface area contributed by atoms with Crippen molar-refractivity contribution in [3.05, 3.63) is 90.2 Å². The number of hydrogen-bond acceptors (Lipinski definition) is 5. The van der Waals surface area contributed by atoms with Crippen LogP contribution in [0.15, 0.2) is 78.9 Å². The molecule has 0 aromatic heterocycles. The van der Waals surface area contributed by atoms with Crippen molar-refractivity contribution in [2.75, 3.05) is 17.1 Å². The van der Waals surface area contributed by atoms with Gasteiger partial charge < -0.3 is 4.74 Å². The molecule has 2 aliphatic heterocycles. The molecule has 3 atom stereocenters. The van der Waals surface area contributed by atoms with Crippen LogP contribution < -0.4 is 14.7 Å². The summed E-state index contributed by atoms with van der Waals surface area (Å²) in [5.74, 6) is -1.50. The van der Waals surface area contributed by atoms with E-state index in [4.69, 9.17) is 9.57 Å².